The maximum atomic E-state index is 12.0. The molecular formula is C13H14N6O2S. The molecule has 1 heterocycles. The summed E-state index contributed by atoms with van der Waals surface area (Å²) in [7, 11) is 0. The second kappa shape index (κ2) is 7.29. The second-order valence-electron chi connectivity index (χ2n) is 4.14. The molecule has 1 aromatic heterocycles. The van der Waals surface area contributed by atoms with Gasteiger partial charge in [-0.2, -0.15) is 0 Å². The van der Waals surface area contributed by atoms with Crippen molar-refractivity contribution in [1.29, 1.82) is 0 Å². The van der Waals surface area contributed by atoms with Crippen LogP contribution in [0.1, 0.15) is 17.4 Å². The number of hydrogen-bond donors (Lipinski definition) is 4. The van der Waals surface area contributed by atoms with Crippen molar-refractivity contribution in [1.82, 2.24) is 10.4 Å². The second-order valence-corrected chi connectivity index (χ2v) is 5.00. The Kier molecular flexibility index (Phi) is 5.17. The maximum absolute atomic E-state index is 12.0. The Hall–Kier alpha value is -2.78. The first kappa shape index (κ1) is 15.6. The summed E-state index contributed by atoms with van der Waals surface area (Å²) in [6.07, 6.45) is 1.35. The number of carbonyl (C=O) groups excluding carboxylic acids is 2. The molecule has 0 saturated heterocycles. The summed E-state index contributed by atoms with van der Waals surface area (Å²) in [6.45, 7) is 1.38. The van der Waals surface area contributed by atoms with Crippen LogP contribution >= 0.6 is 11.3 Å². The van der Waals surface area contributed by atoms with Crippen LogP contribution in [0.25, 0.3) is 0 Å². The largest absolute Gasteiger partial charge is 0.321 e. The Labute approximate surface area is 130 Å². The zero-order chi connectivity index (χ0) is 15.9. The normalized spacial score (nSPS) is 10.5. The molecule has 1 aromatic carbocycles. The molecule has 2 aromatic rings. The first-order valence-electron chi connectivity index (χ1n) is 6.21. The molecular weight excluding hydrogens is 304 g/mol. The van der Waals surface area contributed by atoms with E-state index in [0.29, 0.717) is 16.5 Å². The minimum Gasteiger partial charge on any atom is -0.321 e. The van der Waals surface area contributed by atoms with Crippen molar-refractivity contribution in [3.8, 4) is 0 Å². The van der Waals surface area contributed by atoms with E-state index in [2.05, 4.69) is 26.0 Å². The molecule has 0 bridgehead atoms. The van der Waals surface area contributed by atoms with E-state index in [1.165, 1.54) is 24.6 Å². The first-order valence-corrected chi connectivity index (χ1v) is 7.09. The number of benzene rings is 1. The molecule has 0 aliphatic carbocycles. The van der Waals surface area contributed by atoms with Crippen LogP contribution in [0.5, 0.6) is 0 Å². The van der Waals surface area contributed by atoms with Gasteiger partial charge in [0.15, 0.2) is 5.13 Å². The van der Waals surface area contributed by atoms with Gasteiger partial charge < -0.3 is 16.1 Å². The molecule has 0 saturated carbocycles. The zero-order valence-electron chi connectivity index (χ0n) is 11.7. The van der Waals surface area contributed by atoms with Gasteiger partial charge in [0.05, 0.1) is 5.69 Å². The number of hydrazine groups is 1. The number of anilines is 2. The van der Waals surface area contributed by atoms with Gasteiger partial charge in [-0.15, -0.1) is 11.3 Å². The number of hydrogen-bond acceptors (Lipinski definition) is 6. The molecule has 5 N–H and O–H groups in total. The molecule has 0 aliphatic heterocycles. The van der Waals surface area contributed by atoms with Crippen LogP contribution in [-0.2, 0) is 4.79 Å². The summed E-state index contributed by atoms with van der Waals surface area (Å²) in [4.78, 5) is 31.0. The monoisotopic (exact) mass is 318 g/mol. The quantitative estimate of drug-likeness (QED) is 0.288. The first-order chi connectivity index (χ1) is 10.6. The van der Waals surface area contributed by atoms with E-state index >= 15 is 0 Å². The van der Waals surface area contributed by atoms with Gasteiger partial charge in [0.1, 0.15) is 12.0 Å². The summed E-state index contributed by atoms with van der Waals surface area (Å²) in [5.74, 6) is 4.49. The number of aromatic nitrogens is 1. The Morgan fingerprint density at radius 3 is 2.64 bits per heavy atom. The number of nitrogens with zero attached hydrogens (tertiary/aromatic N) is 2. The van der Waals surface area contributed by atoms with Crippen LogP contribution in [0, 0.1) is 0 Å². The van der Waals surface area contributed by atoms with E-state index in [1.807, 2.05) is 0 Å². The lowest BCUT2D eigenvalue weighted by atomic mass is 10.3. The molecule has 0 fully saturated rings. The smallest absolute Gasteiger partial charge is 0.275 e. The average Bonchev–Trinajstić information content (AvgIpc) is 2.94. The van der Waals surface area contributed by atoms with Gasteiger partial charge in [0.25, 0.3) is 5.91 Å². The van der Waals surface area contributed by atoms with E-state index < -0.39 is 0 Å². The topological polar surface area (TPSA) is 122 Å². The summed E-state index contributed by atoms with van der Waals surface area (Å²) >= 11 is 1.19. The molecule has 2 amide bonds. The minimum absolute atomic E-state index is 0.232. The number of rotatable bonds is 5. The van der Waals surface area contributed by atoms with Crippen LogP contribution in [0.3, 0.4) is 0 Å². The van der Waals surface area contributed by atoms with Gasteiger partial charge in [-0.1, -0.05) is 0 Å². The highest BCUT2D eigenvalue weighted by Gasteiger charge is 2.11. The summed E-state index contributed by atoms with van der Waals surface area (Å²) in [5.41, 5.74) is 3.84. The van der Waals surface area contributed by atoms with Crippen molar-refractivity contribution in [2.45, 2.75) is 6.92 Å². The van der Waals surface area contributed by atoms with Crippen LogP contribution < -0.4 is 21.9 Å². The minimum atomic E-state index is -0.354. The molecule has 0 aliphatic rings. The summed E-state index contributed by atoms with van der Waals surface area (Å²) in [5, 5.41) is 7.20. The Morgan fingerprint density at radius 1 is 1.27 bits per heavy atom. The fourth-order valence-corrected chi connectivity index (χ4v) is 2.26. The van der Waals surface area contributed by atoms with E-state index in [1.54, 1.807) is 29.6 Å². The SMILES string of the molecule is CC(=O)Nc1nc(C(=O)Nc2ccc(N=CNN)cc2)cs1. The van der Waals surface area contributed by atoms with Crippen LogP contribution in [-0.4, -0.2) is 23.1 Å². The van der Waals surface area contributed by atoms with Crippen LogP contribution in [0.2, 0.25) is 0 Å². The fourth-order valence-electron chi connectivity index (χ4n) is 1.52. The highest BCUT2D eigenvalue weighted by atomic mass is 32.1. The predicted octanol–water partition coefficient (Wildman–Crippen LogP) is 1.48. The lowest BCUT2D eigenvalue weighted by Crippen LogP contribution is -2.18. The summed E-state index contributed by atoms with van der Waals surface area (Å²) in [6, 6.07) is 6.88. The standard InChI is InChI=1S/C13H14N6O2S/c1-8(20)17-13-19-11(6-22-13)12(21)18-10-4-2-9(3-5-10)15-7-16-14/h2-7H,14H2,1H3,(H,15,16)(H,18,21)(H,17,19,20). The third-order valence-corrected chi connectivity index (χ3v) is 3.19. The maximum Gasteiger partial charge on any atom is 0.275 e. The molecule has 9 heteroatoms. The Balaban J connectivity index is 2.00. The Bertz CT molecular complexity index is 695. The van der Waals surface area contributed by atoms with E-state index in [0.717, 1.165) is 0 Å². The lowest BCUT2D eigenvalue weighted by Gasteiger charge is -2.03. The van der Waals surface area contributed by atoms with Gasteiger partial charge in [-0.25, -0.2) is 15.8 Å². The third-order valence-electron chi connectivity index (χ3n) is 2.43. The zero-order valence-corrected chi connectivity index (χ0v) is 12.5. The van der Waals surface area contributed by atoms with Gasteiger partial charge in [-0.05, 0) is 24.3 Å². The molecule has 0 spiro atoms. The molecule has 0 unspecified atom stereocenters. The summed E-state index contributed by atoms with van der Waals surface area (Å²) < 4.78 is 0. The number of carbonyl (C=O) groups is 2. The van der Waals surface area contributed by atoms with Crippen molar-refractivity contribution in [2.24, 2.45) is 10.8 Å². The molecule has 0 atom stereocenters. The van der Waals surface area contributed by atoms with Crippen LogP contribution in [0.4, 0.5) is 16.5 Å². The molecule has 22 heavy (non-hydrogen) atoms. The third kappa shape index (κ3) is 4.36. The van der Waals surface area contributed by atoms with Crippen molar-refractivity contribution < 1.29 is 9.59 Å². The molecule has 0 radical (unpaired) electrons. The molecule has 114 valence electrons. The van der Waals surface area contributed by atoms with Crippen molar-refractivity contribution in [3.63, 3.8) is 0 Å². The number of aliphatic imine (C=N–C) groups is 1. The number of amides is 2. The number of nitrogens with two attached hydrogens (primary N) is 1. The average molecular weight is 318 g/mol. The number of thiazole rings is 1. The van der Waals surface area contributed by atoms with Crippen molar-refractivity contribution in [3.05, 3.63) is 35.3 Å². The lowest BCUT2D eigenvalue weighted by molar-refractivity contribution is -0.114. The van der Waals surface area contributed by atoms with Gasteiger partial charge in [0, 0.05) is 18.0 Å². The highest BCUT2D eigenvalue weighted by molar-refractivity contribution is 7.14. The van der Waals surface area contributed by atoms with Crippen molar-refractivity contribution >= 4 is 46.0 Å². The number of nitrogens with one attached hydrogen (secondary N) is 3. The van der Waals surface area contributed by atoms with Crippen molar-refractivity contribution in [2.75, 3.05) is 10.6 Å². The fraction of sp³-hybridized carbons (Fsp3) is 0.0769. The van der Waals surface area contributed by atoms with Gasteiger partial charge >= 0.3 is 0 Å². The Morgan fingerprint density at radius 2 is 2.00 bits per heavy atom. The van der Waals surface area contributed by atoms with Gasteiger partial charge in [0.2, 0.25) is 5.91 Å². The van der Waals surface area contributed by atoms with E-state index in [-0.39, 0.29) is 17.5 Å². The van der Waals surface area contributed by atoms with Crippen LogP contribution in [0.15, 0.2) is 34.6 Å². The van der Waals surface area contributed by atoms with E-state index in [4.69, 9.17) is 5.84 Å². The molecule has 2 rings (SSSR count). The predicted molar refractivity (Wildman–Crippen MR) is 86.3 cm³/mol. The van der Waals surface area contributed by atoms with E-state index in [9.17, 15) is 9.59 Å². The molecule has 8 nitrogen and oxygen atoms in total. The highest BCUT2D eigenvalue weighted by Crippen LogP contribution is 2.19. The van der Waals surface area contributed by atoms with Gasteiger partial charge in [-0.3, -0.25) is 9.59 Å².